The maximum Gasteiger partial charge on any atom is 0.335 e. The van der Waals surface area contributed by atoms with Crippen molar-refractivity contribution >= 4 is 17.0 Å². The zero-order valence-electron chi connectivity index (χ0n) is 12.3. The third kappa shape index (κ3) is 2.17. The van der Waals surface area contributed by atoms with Crippen LogP contribution in [0.3, 0.4) is 0 Å². The number of hydrogen-bond donors (Lipinski definition) is 2. The van der Waals surface area contributed by atoms with Crippen LogP contribution < -0.4 is 5.69 Å². The van der Waals surface area contributed by atoms with Crippen LogP contribution in [0, 0.1) is 11.8 Å². The van der Waals surface area contributed by atoms with Gasteiger partial charge in [-0.15, -0.1) is 0 Å². The van der Waals surface area contributed by atoms with Gasteiger partial charge in [-0.1, -0.05) is 20.3 Å². The van der Waals surface area contributed by atoms with Gasteiger partial charge in [-0.25, -0.2) is 9.59 Å². The maximum atomic E-state index is 12.3. The fourth-order valence-corrected chi connectivity index (χ4v) is 3.76. The van der Waals surface area contributed by atoms with Crippen LogP contribution in [-0.2, 0) is 0 Å². The lowest BCUT2D eigenvalue weighted by Gasteiger charge is -2.21. The fraction of sp³-hybridized carbons (Fsp3) is 0.500. The lowest BCUT2D eigenvalue weighted by atomic mass is 9.93. The second kappa shape index (κ2) is 5.06. The van der Waals surface area contributed by atoms with E-state index < -0.39 is 5.97 Å². The minimum absolute atomic E-state index is 0.138. The Bertz CT molecular complexity index is 744. The van der Waals surface area contributed by atoms with E-state index in [4.69, 9.17) is 5.11 Å². The minimum atomic E-state index is -0.981. The number of carboxylic acids is 1. The molecule has 5 heteroatoms. The molecule has 1 heterocycles. The molecule has 2 N–H and O–H groups in total. The highest BCUT2D eigenvalue weighted by atomic mass is 16.4. The molecule has 1 aliphatic rings. The van der Waals surface area contributed by atoms with E-state index in [2.05, 4.69) is 18.8 Å². The van der Waals surface area contributed by atoms with Crippen LogP contribution in [0.15, 0.2) is 23.0 Å². The molecule has 112 valence electrons. The molecule has 21 heavy (non-hydrogen) atoms. The molecule has 1 aliphatic carbocycles. The summed E-state index contributed by atoms with van der Waals surface area (Å²) in [5.41, 5.74) is 1.47. The normalized spacial score (nSPS) is 25.5. The largest absolute Gasteiger partial charge is 0.478 e. The molecule has 1 saturated carbocycles. The van der Waals surface area contributed by atoms with Crippen LogP contribution in [-0.4, -0.2) is 20.6 Å². The van der Waals surface area contributed by atoms with Crippen molar-refractivity contribution in [2.45, 2.75) is 39.2 Å². The summed E-state index contributed by atoms with van der Waals surface area (Å²) in [7, 11) is 0. The molecule has 3 unspecified atom stereocenters. The zero-order chi connectivity index (χ0) is 15.1. The molecule has 1 aromatic heterocycles. The third-order valence-corrected chi connectivity index (χ3v) is 5.00. The van der Waals surface area contributed by atoms with E-state index in [1.807, 2.05) is 4.57 Å². The topological polar surface area (TPSA) is 75.1 Å². The Kier molecular flexibility index (Phi) is 3.35. The quantitative estimate of drug-likeness (QED) is 0.911. The Labute approximate surface area is 122 Å². The number of carboxylic acid groups (broad SMARTS) is 1. The molecule has 2 aromatic rings. The molecule has 3 atom stereocenters. The summed E-state index contributed by atoms with van der Waals surface area (Å²) in [6, 6.07) is 5.03. The Balaban J connectivity index is 2.09. The van der Waals surface area contributed by atoms with Crippen LogP contribution in [0.1, 0.15) is 49.5 Å². The second-order valence-electron chi connectivity index (χ2n) is 6.01. The third-order valence-electron chi connectivity index (χ3n) is 5.00. The zero-order valence-corrected chi connectivity index (χ0v) is 12.3. The number of benzene rings is 1. The standard InChI is InChI=1S/C16H20N2O3/c1-3-10-4-6-13(9(10)2)18-14-7-5-11(15(19)20)8-12(14)17-16(18)21/h5,7-10,13H,3-4,6H2,1-2H3,(H,17,21)(H,19,20). The van der Waals surface area contributed by atoms with Crippen LogP contribution in [0.25, 0.3) is 11.0 Å². The van der Waals surface area contributed by atoms with Gasteiger partial charge in [0.25, 0.3) is 0 Å². The van der Waals surface area contributed by atoms with Gasteiger partial charge in [-0.05, 0) is 42.9 Å². The van der Waals surface area contributed by atoms with E-state index >= 15 is 0 Å². The van der Waals surface area contributed by atoms with Crippen molar-refractivity contribution < 1.29 is 9.90 Å². The first-order chi connectivity index (χ1) is 10.0. The Morgan fingerprint density at radius 2 is 2.19 bits per heavy atom. The SMILES string of the molecule is CCC1CCC(n2c(=O)[nH]c3cc(C(=O)O)ccc32)C1C. The van der Waals surface area contributed by atoms with Crippen LogP contribution >= 0.6 is 0 Å². The lowest BCUT2D eigenvalue weighted by Crippen LogP contribution is -2.25. The van der Waals surface area contributed by atoms with Crippen LogP contribution in [0.5, 0.6) is 0 Å². The number of rotatable bonds is 3. The van der Waals surface area contributed by atoms with Crippen molar-refractivity contribution in [1.82, 2.24) is 9.55 Å². The van der Waals surface area contributed by atoms with Gasteiger partial charge in [0.15, 0.2) is 0 Å². The number of carbonyl (C=O) groups is 1. The first-order valence-corrected chi connectivity index (χ1v) is 7.50. The summed E-state index contributed by atoms with van der Waals surface area (Å²) in [6.45, 7) is 4.41. The number of fused-ring (bicyclic) bond motifs is 1. The molecule has 5 nitrogen and oxygen atoms in total. The number of nitrogens with zero attached hydrogens (tertiary/aromatic N) is 1. The second-order valence-corrected chi connectivity index (χ2v) is 6.01. The van der Waals surface area contributed by atoms with Gasteiger partial charge in [-0.2, -0.15) is 0 Å². The highest BCUT2D eigenvalue weighted by molar-refractivity contribution is 5.92. The van der Waals surface area contributed by atoms with Gasteiger partial charge < -0.3 is 10.1 Å². The van der Waals surface area contributed by atoms with Gasteiger partial charge in [0, 0.05) is 6.04 Å². The van der Waals surface area contributed by atoms with Gasteiger partial charge >= 0.3 is 11.7 Å². The number of aromatic amines is 1. The summed E-state index contributed by atoms with van der Waals surface area (Å²) >= 11 is 0. The minimum Gasteiger partial charge on any atom is -0.478 e. The number of H-pyrrole nitrogens is 1. The van der Waals surface area contributed by atoms with Gasteiger partial charge in [-0.3, -0.25) is 4.57 Å². The molecule has 0 spiro atoms. The first kappa shape index (κ1) is 13.9. The molecule has 0 aliphatic heterocycles. The summed E-state index contributed by atoms with van der Waals surface area (Å²) in [6.07, 6.45) is 3.29. The van der Waals surface area contributed by atoms with Crippen molar-refractivity contribution in [3.05, 3.63) is 34.2 Å². The van der Waals surface area contributed by atoms with Crippen molar-refractivity contribution in [2.24, 2.45) is 11.8 Å². The van der Waals surface area contributed by atoms with Crippen molar-refractivity contribution in [3.63, 3.8) is 0 Å². The first-order valence-electron chi connectivity index (χ1n) is 7.50. The van der Waals surface area contributed by atoms with E-state index in [0.29, 0.717) is 17.4 Å². The molecule has 1 aromatic carbocycles. The van der Waals surface area contributed by atoms with Gasteiger partial charge in [0.05, 0.1) is 16.6 Å². The highest BCUT2D eigenvalue weighted by Gasteiger charge is 2.34. The van der Waals surface area contributed by atoms with Crippen LogP contribution in [0.4, 0.5) is 0 Å². The predicted octanol–water partition coefficient (Wildman–Crippen LogP) is 3.03. The number of imidazole rings is 1. The number of aromatic carboxylic acids is 1. The maximum absolute atomic E-state index is 12.3. The summed E-state index contributed by atoms with van der Waals surface area (Å²) in [4.78, 5) is 26.1. The monoisotopic (exact) mass is 288 g/mol. The molecular weight excluding hydrogens is 268 g/mol. The molecule has 0 bridgehead atoms. The lowest BCUT2D eigenvalue weighted by molar-refractivity contribution is 0.0697. The molecular formula is C16H20N2O3. The Hall–Kier alpha value is -2.04. The van der Waals surface area contributed by atoms with E-state index in [1.165, 1.54) is 6.07 Å². The highest BCUT2D eigenvalue weighted by Crippen LogP contribution is 2.42. The number of nitrogens with one attached hydrogen (secondary N) is 1. The van der Waals surface area contributed by atoms with E-state index in [-0.39, 0.29) is 17.3 Å². The average molecular weight is 288 g/mol. The fourth-order valence-electron chi connectivity index (χ4n) is 3.76. The summed E-state index contributed by atoms with van der Waals surface area (Å²) in [5, 5.41) is 9.04. The van der Waals surface area contributed by atoms with Gasteiger partial charge in [0.1, 0.15) is 0 Å². The molecule has 0 amide bonds. The van der Waals surface area contributed by atoms with Crippen molar-refractivity contribution in [3.8, 4) is 0 Å². The number of hydrogen-bond acceptors (Lipinski definition) is 2. The molecule has 1 fully saturated rings. The Morgan fingerprint density at radius 3 is 2.81 bits per heavy atom. The van der Waals surface area contributed by atoms with Crippen molar-refractivity contribution in [2.75, 3.05) is 0 Å². The molecule has 0 radical (unpaired) electrons. The van der Waals surface area contributed by atoms with Gasteiger partial charge in [0.2, 0.25) is 0 Å². The summed E-state index contributed by atoms with van der Waals surface area (Å²) < 4.78 is 1.82. The smallest absolute Gasteiger partial charge is 0.335 e. The number of aromatic nitrogens is 2. The average Bonchev–Trinajstić information content (AvgIpc) is 2.96. The summed E-state index contributed by atoms with van der Waals surface area (Å²) in [5.74, 6) is 0.141. The predicted molar refractivity (Wildman–Crippen MR) is 80.7 cm³/mol. The molecule has 0 saturated heterocycles. The van der Waals surface area contributed by atoms with E-state index in [1.54, 1.807) is 12.1 Å². The Morgan fingerprint density at radius 1 is 1.43 bits per heavy atom. The van der Waals surface area contributed by atoms with Crippen LogP contribution in [0.2, 0.25) is 0 Å². The van der Waals surface area contributed by atoms with Crippen molar-refractivity contribution in [1.29, 1.82) is 0 Å². The van der Waals surface area contributed by atoms with E-state index in [0.717, 1.165) is 24.8 Å². The molecule has 3 rings (SSSR count). The van der Waals surface area contributed by atoms with E-state index in [9.17, 15) is 9.59 Å².